The predicted octanol–water partition coefficient (Wildman–Crippen LogP) is 3.13. The first-order chi connectivity index (χ1) is 10.7. The Bertz CT molecular complexity index is 666. The average molecular weight is 296 g/mol. The molecule has 4 heteroatoms. The van der Waals surface area contributed by atoms with E-state index in [-0.39, 0.29) is 5.91 Å². The molecule has 1 fully saturated rings. The van der Waals surface area contributed by atoms with E-state index in [1.54, 1.807) is 18.2 Å². The second kappa shape index (κ2) is 6.52. The van der Waals surface area contributed by atoms with E-state index in [9.17, 15) is 4.79 Å². The minimum atomic E-state index is -0.170. The Kier molecular flexibility index (Phi) is 4.28. The largest absolute Gasteiger partial charge is 0.490 e. The lowest BCUT2D eigenvalue weighted by Crippen LogP contribution is -2.27. The Morgan fingerprint density at radius 3 is 2.59 bits per heavy atom. The van der Waals surface area contributed by atoms with Gasteiger partial charge in [-0.05, 0) is 37.5 Å². The summed E-state index contributed by atoms with van der Waals surface area (Å²) in [6.45, 7) is 0.427. The van der Waals surface area contributed by atoms with Gasteiger partial charge in [0.15, 0.2) is 0 Å². The Labute approximate surface area is 130 Å². The zero-order chi connectivity index (χ0) is 15.4. The van der Waals surface area contributed by atoms with Gasteiger partial charge in [0.05, 0.1) is 11.7 Å². The Morgan fingerprint density at radius 2 is 1.86 bits per heavy atom. The zero-order valence-corrected chi connectivity index (χ0v) is 12.4. The molecule has 0 aromatic heterocycles. The summed E-state index contributed by atoms with van der Waals surface area (Å²) >= 11 is 0. The summed E-state index contributed by atoms with van der Waals surface area (Å²) in [5.74, 6) is 0.685. The number of benzene rings is 2. The lowest BCUT2D eigenvalue weighted by atomic mass is 9.96. The number of hydrogen-bond donors (Lipinski definition) is 2. The maximum absolute atomic E-state index is 12.2. The van der Waals surface area contributed by atoms with Crippen LogP contribution in [0.2, 0.25) is 0 Å². The van der Waals surface area contributed by atoms with Crippen molar-refractivity contribution in [2.45, 2.75) is 31.9 Å². The SMILES string of the molecule is Nc1ccccc1C(=O)NCc1ccccc1OC1CCC1. The molecule has 22 heavy (non-hydrogen) atoms. The molecule has 1 amide bonds. The van der Waals surface area contributed by atoms with E-state index < -0.39 is 0 Å². The van der Waals surface area contributed by atoms with Crippen LogP contribution in [0.4, 0.5) is 5.69 Å². The number of hydrogen-bond acceptors (Lipinski definition) is 3. The van der Waals surface area contributed by atoms with E-state index in [0.29, 0.717) is 23.9 Å². The van der Waals surface area contributed by atoms with Crippen LogP contribution in [0.1, 0.15) is 35.2 Å². The van der Waals surface area contributed by atoms with Gasteiger partial charge in [-0.3, -0.25) is 4.79 Å². The highest BCUT2D eigenvalue weighted by atomic mass is 16.5. The van der Waals surface area contributed by atoms with Crippen LogP contribution in [0.3, 0.4) is 0 Å². The van der Waals surface area contributed by atoms with Crippen LogP contribution in [0.25, 0.3) is 0 Å². The Morgan fingerprint density at radius 1 is 1.14 bits per heavy atom. The molecule has 0 aliphatic heterocycles. The van der Waals surface area contributed by atoms with Crippen LogP contribution in [-0.4, -0.2) is 12.0 Å². The van der Waals surface area contributed by atoms with Crippen LogP contribution in [0, 0.1) is 0 Å². The van der Waals surface area contributed by atoms with Crippen molar-refractivity contribution in [3.05, 3.63) is 59.7 Å². The number of nitrogen functional groups attached to an aromatic ring is 1. The molecule has 0 radical (unpaired) electrons. The van der Waals surface area contributed by atoms with Gasteiger partial charge in [0.1, 0.15) is 5.75 Å². The highest BCUT2D eigenvalue weighted by molar-refractivity contribution is 5.99. The van der Waals surface area contributed by atoms with Crippen molar-refractivity contribution in [3.63, 3.8) is 0 Å². The molecule has 3 rings (SSSR count). The molecule has 114 valence electrons. The molecule has 1 aliphatic carbocycles. The quantitative estimate of drug-likeness (QED) is 0.833. The van der Waals surface area contributed by atoms with Crippen molar-refractivity contribution in [3.8, 4) is 5.75 Å². The van der Waals surface area contributed by atoms with Crippen LogP contribution in [0.15, 0.2) is 48.5 Å². The minimum Gasteiger partial charge on any atom is -0.490 e. The molecule has 0 heterocycles. The smallest absolute Gasteiger partial charge is 0.253 e. The van der Waals surface area contributed by atoms with Crippen molar-refractivity contribution >= 4 is 11.6 Å². The number of rotatable bonds is 5. The fraction of sp³-hybridized carbons (Fsp3) is 0.278. The van der Waals surface area contributed by atoms with Crippen LogP contribution in [0.5, 0.6) is 5.75 Å². The predicted molar refractivity (Wildman–Crippen MR) is 86.7 cm³/mol. The molecule has 0 unspecified atom stereocenters. The van der Waals surface area contributed by atoms with E-state index >= 15 is 0 Å². The third-order valence-electron chi connectivity index (χ3n) is 3.96. The monoisotopic (exact) mass is 296 g/mol. The Balaban J connectivity index is 1.66. The standard InChI is InChI=1S/C18H20N2O2/c19-16-10-3-2-9-15(16)18(21)20-12-13-6-1-4-11-17(13)22-14-7-5-8-14/h1-4,6,9-11,14H,5,7-8,12,19H2,(H,20,21). The van der Waals surface area contributed by atoms with Gasteiger partial charge >= 0.3 is 0 Å². The van der Waals surface area contributed by atoms with Crippen LogP contribution >= 0.6 is 0 Å². The Hall–Kier alpha value is -2.49. The summed E-state index contributed by atoms with van der Waals surface area (Å²) in [4.78, 5) is 12.2. The van der Waals surface area contributed by atoms with Gasteiger partial charge in [-0.2, -0.15) is 0 Å². The first-order valence-electron chi connectivity index (χ1n) is 7.61. The molecule has 0 saturated heterocycles. The zero-order valence-electron chi connectivity index (χ0n) is 12.4. The summed E-state index contributed by atoms with van der Waals surface area (Å²) in [5, 5.41) is 2.91. The van der Waals surface area contributed by atoms with Gasteiger partial charge in [0, 0.05) is 17.8 Å². The maximum atomic E-state index is 12.2. The summed E-state index contributed by atoms with van der Waals surface area (Å²) in [5.41, 5.74) is 7.79. The number of para-hydroxylation sites is 2. The second-order valence-electron chi connectivity index (χ2n) is 5.55. The average Bonchev–Trinajstić information content (AvgIpc) is 2.50. The topological polar surface area (TPSA) is 64.4 Å². The number of carbonyl (C=O) groups excluding carboxylic acids is 1. The molecule has 0 spiro atoms. The first-order valence-corrected chi connectivity index (χ1v) is 7.61. The molecule has 1 aliphatic rings. The van der Waals surface area contributed by atoms with Gasteiger partial charge in [0.2, 0.25) is 0 Å². The molecule has 1 saturated carbocycles. The molecule has 0 atom stereocenters. The fourth-order valence-electron chi connectivity index (χ4n) is 2.41. The summed E-state index contributed by atoms with van der Waals surface area (Å²) in [7, 11) is 0. The molecular weight excluding hydrogens is 276 g/mol. The molecular formula is C18H20N2O2. The van der Waals surface area contributed by atoms with E-state index in [1.807, 2.05) is 30.3 Å². The number of carbonyl (C=O) groups is 1. The van der Waals surface area contributed by atoms with E-state index in [0.717, 1.165) is 24.2 Å². The van der Waals surface area contributed by atoms with Crippen LogP contribution in [-0.2, 0) is 6.54 Å². The summed E-state index contributed by atoms with van der Waals surface area (Å²) < 4.78 is 5.97. The van der Waals surface area contributed by atoms with Crippen molar-refractivity contribution in [1.29, 1.82) is 0 Å². The second-order valence-corrected chi connectivity index (χ2v) is 5.55. The number of nitrogens with two attached hydrogens (primary N) is 1. The number of amides is 1. The highest BCUT2D eigenvalue weighted by Crippen LogP contribution is 2.27. The third-order valence-corrected chi connectivity index (χ3v) is 3.96. The van der Waals surface area contributed by atoms with Gasteiger partial charge in [0.25, 0.3) is 5.91 Å². The lowest BCUT2D eigenvalue weighted by Gasteiger charge is -2.27. The van der Waals surface area contributed by atoms with E-state index in [4.69, 9.17) is 10.5 Å². The third kappa shape index (κ3) is 3.22. The minimum absolute atomic E-state index is 0.170. The molecule has 4 nitrogen and oxygen atoms in total. The fourth-order valence-corrected chi connectivity index (χ4v) is 2.41. The van der Waals surface area contributed by atoms with Gasteiger partial charge < -0.3 is 15.8 Å². The maximum Gasteiger partial charge on any atom is 0.253 e. The molecule has 2 aromatic carbocycles. The number of nitrogens with one attached hydrogen (secondary N) is 1. The highest BCUT2D eigenvalue weighted by Gasteiger charge is 2.20. The van der Waals surface area contributed by atoms with Gasteiger partial charge in [-0.1, -0.05) is 30.3 Å². The van der Waals surface area contributed by atoms with Crippen molar-refractivity contribution in [1.82, 2.24) is 5.32 Å². The normalized spacial score (nSPS) is 14.2. The van der Waals surface area contributed by atoms with Crippen molar-refractivity contribution < 1.29 is 9.53 Å². The van der Waals surface area contributed by atoms with E-state index in [2.05, 4.69) is 5.32 Å². The molecule has 0 bridgehead atoms. The van der Waals surface area contributed by atoms with E-state index in [1.165, 1.54) is 6.42 Å². The van der Waals surface area contributed by atoms with Crippen molar-refractivity contribution in [2.75, 3.05) is 5.73 Å². The lowest BCUT2D eigenvalue weighted by molar-refractivity contribution is 0.0949. The summed E-state index contributed by atoms with van der Waals surface area (Å²) in [6, 6.07) is 14.9. The summed E-state index contributed by atoms with van der Waals surface area (Å²) in [6.07, 6.45) is 3.78. The number of anilines is 1. The van der Waals surface area contributed by atoms with Crippen LogP contribution < -0.4 is 15.8 Å². The molecule has 2 aromatic rings. The molecule has 3 N–H and O–H groups in total. The first kappa shape index (κ1) is 14.4. The van der Waals surface area contributed by atoms with Gasteiger partial charge in [-0.25, -0.2) is 0 Å². The van der Waals surface area contributed by atoms with Gasteiger partial charge in [-0.15, -0.1) is 0 Å². The van der Waals surface area contributed by atoms with Crippen molar-refractivity contribution in [2.24, 2.45) is 0 Å². The number of ether oxygens (including phenoxy) is 1.